The second-order valence-electron chi connectivity index (χ2n) is 4.94. The van der Waals surface area contributed by atoms with Crippen molar-refractivity contribution in [3.05, 3.63) is 34.1 Å². The molecule has 1 unspecified atom stereocenters. The molecule has 0 heterocycles. The van der Waals surface area contributed by atoms with Crippen molar-refractivity contribution in [3.63, 3.8) is 0 Å². The Morgan fingerprint density at radius 2 is 2.30 bits per heavy atom. The highest BCUT2D eigenvalue weighted by Crippen LogP contribution is 2.28. The van der Waals surface area contributed by atoms with Gasteiger partial charge in [-0.15, -0.1) is 0 Å². The molecule has 0 amide bonds. The molecule has 2 rings (SSSR count). The molecule has 0 bridgehead atoms. The van der Waals surface area contributed by atoms with E-state index in [2.05, 4.69) is 5.32 Å². The number of non-ortho nitro benzene ring substituents is 1. The summed E-state index contributed by atoms with van der Waals surface area (Å²) in [6.07, 6.45) is 1.62. The number of benzene rings is 1. The molecule has 0 aromatic heterocycles. The van der Waals surface area contributed by atoms with E-state index >= 15 is 0 Å². The fraction of sp³-hybridized carbons (Fsp3) is 0.538. The third kappa shape index (κ3) is 4.43. The number of ether oxygens (including phenoxy) is 1. The van der Waals surface area contributed by atoms with E-state index in [9.17, 15) is 19.6 Å². The average Bonchev–Trinajstić information content (AvgIpc) is 3.21. The van der Waals surface area contributed by atoms with E-state index in [0.717, 1.165) is 6.07 Å². The first kappa shape index (κ1) is 14.7. The van der Waals surface area contributed by atoms with Crippen LogP contribution in [0.25, 0.3) is 0 Å². The number of nitro benzene ring substituents is 1. The summed E-state index contributed by atoms with van der Waals surface area (Å²) in [5.74, 6) is -0.0902. The molecular weight excluding hydrogens is 267 g/mol. The van der Waals surface area contributed by atoms with Gasteiger partial charge in [0.2, 0.25) is 0 Å². The second-order valence-corrected chi connectivity index (χ2v) is 4.94. The highest BCUT2D eigenvalue weighted by molar-refractivity contribution is 5.50. The van der Waals surface area contributed by atoms with Gasteiger partial charge in [0.05, 0.1) is 29.4 Å². The molecule has 110 valence electrons. The number of nitrogens with zero attached hydrogens (tertiary/aromatic N) is 1. The standard InChI is InChI=1S/C13H17FN2O4/c14-12-5-10(16(18)19)3-4-13(12)15-6-11(17)8-20-7-9-1-2-9/h3-5,9,11,15,17H,1-2,6-8H2. The monoisotopic (exact) mass is 284 g/mol. The Balaban J connectivity index is 1.75. The van der Waals surface area contributed by atoms with Gasteiger partial charge >= 0.3 is 0 Å². The molecule has 6 nitrogen and oxygen atoms in total. The van der Waals surface area contributed by atoms with E-state index < -0.39 is 16.8 Å². The summed E-state index contributed by atoms with van der Waals surface area (Å²) in [6.45, 7) is 0.973. The second kappa shape index (κ2) is 6.62. The third-order valence-corrected chi connectivity index (χ3v) is 3.05. The van der Waals surface area contributed by atoms with Crippen LogP contribution >= 0.6 is 0 Å². The average molecular weight is 284 g/mol. The number of aliphatic hydroxyl groups is 1. The number of hydrogen-bond donors (Lipinski definition) is 2. The maximum Gasteiger partial charge on any atom is 0.272 e. The van der Waals surface area contributed by atoms with Crippen LogP contribution in [-0.4, -0.2) is 35.9 Å². The van der Waals surface area contributed by atoms with Crippen LogP contribution in [0, 0.1) is 21.8 Å². The normalized spacial score (nSPS) is 15.9. The molecule has 1 aliphatic carbocycles. The topological polar surface area (TPSA) is 84.6 Å². The maximum absolute atomic E-state index is 13.5. The Labute approximate surface area is 115 Å². The quantitative estimate of drug-likeness (QED) is 0.563. The molecule has 2 N–H and O–H groups in total. The largest absolute Gasteiger partial charge is 0.389 e. The number of hydrogen-bond acceptors (Lipinski definition) is 5. The van der Waals surface area contributed by atoms with E-state index in [1.165, 1.54) is 25.0 Å². The van der Waals surface area contributed by atoms with Crippen molar-refractivity contribution in [2.75, 3.05) is 25.1 Å². The Morgan fingerprint density at radius 3 is 2.90 bits per heavy atom. The molecule has 0 aliphatic heterocycles. The molecule has 0 radical (unpaired) electrons. The fourth-order valence-electron chi connectivity index (χ4n) is 1.70. The van der Waals surface area contributed by atoms with E-state index in [1.54, 1.807) is 0 Å². The molecule has 1 aromatic rings. The molecule has 0 saturated heterocycles. The molecule has 1 atom stereocenters. The fourth-order valence-corrected chi connectivity index (χ4v) is 1.70. The summed E-state index contributed by atoms with van der Waals surface area (Å²) < 4.78 is 18.9. The zero-order chi connectivity index (χ0) is 14.5. The first-order chi connectivity index (χ1) is 9.56. The Kier molecular flexibility index (Phi) is 4.86. The summed E-state index contributed by atoms with van der Waals surface area (Å²) in [5.41, 5.74) is -0.182. The zero-order valence-corrected chi connectivity index (χ0v) is 10.9. The van der Waals surface area contributed by atoms with Gasteiger partial charge in [0.15, 0.2) is 5.82 Å². The minimum absolute atomic E-state index is 0.122. The third-order valence-electron chi connectivity index (χ3n) is 3.05. The van der Waals surface area contributed by atoms with Crippen molar-refractivity contribution < 1.29 is 19.2 Å². The summed E-state index contributed by atoms with van der Waals surface area (Å²) in [4.78, 5) is 9.81. The number of aliphatic hydroxyl groups excluding tert-OH is 1. The summed E-state index contributed by atoms with van der Waals surface area (Å²) in [7, 11) is 0. The first-order valence-electron chi connectivity index (χ1n) is 6.50. The number of nitrogens with one attached hydrogen (secondary N) is 1. The summed E-state index contributed by atoms with van der Waals surface area (Å²) >= 11 is 0. The SMILES string of the molecule is O=[N+]([O-])c1ccc(NCC(O)COCC2CC2)c(F)c1. The lowest BCUT2D eigenvalue weighted by atomic mass is 10.2. The zero-order valence-electron chi connectivity index (χ0n) is 10.9. The van der Waals surface area contributed by atoms with Crippen LogP contribution < -0.4 is 5.32 Å². The van der Waals surface area contributed by atoms with Crippen LogP contribution in [-0.2, 0) is 4.74 Å². The smallest absolute Gasteiger partial charge is 0.272 e. The van der Waals surface area contributed by atoms with Gasteiger partial charge in [0.1, 0.15) is 0 Å². The Hall–Kier alpha value is -1.73. The van der Waals surface area contributed by atoms with E-state index in [1.807, 2.05) is 0 Å². The molecular formula is C13H17FN2O4. The van der Waals surface area contributed by atoms with E-state index in [4.69, 9.17) is 4.74 Å². The lowest BCUT2D eigenvalue weighted by molar-refractivity contribution is -0.385. The van der Waals surface area contributed by atoms with Crippen molar-refractivity contribution in [1.82, 2.24) is 0 Å². The number of halogens is 1. The van der Waals surface area contributed by atoms with Gasteiger partial charge in [-0.05, 0) is 24.8 Å². The summed E-state index contributed by atoms with van der Waals surface area (Å²) in [5, 5.41) is 22.8. The molecule has 1 aromatic carbocycles. The molecule has 1 fully saturated rings. The van der Waals surface area contributed by atoms with Gasteiger partial charge in [-0.3, -0.25) is 10.1 Å². The van der Waals surface area contributed by atoms with Gasteiger partial charge in [-0.2, -0.15) is 0 Å². The van der Waals surface area contributed by atoms with Gasteiger partial charge in [0.25, 0.3) is 5.69 Å². The van der Waals surface area contributed by atoms with Crippen LogP contribution in [0.4, 0.5) is 15.8 Å². The Morgan fingerprint density at radius 1 is 1.55 bits per heavy atom. The number of nitro groups is 1. The predicted octanol–water partition coefficient (Wildman–Crippen LogP) is 1.93. The highest BCUT2D eigenvalue weighted by atomic mass is 19.1. The van der Waals surface area contributed by atoms with Crippen LogP contribution in [0.1, 0.15) is 12.8 Å². The first-order valence-corrected chi connectivity index (χ1v) is 6.50. The molecule has 1 aliphatic rings. The van der Waals surface area contributed by atoms with Crippen molar-refractivity contribution in [1.29, 1.82) is 0 Å². The van der Waals surface area contributed by atoms with Crippen LogP contribution in [0.5, 0.6) is 0 Å². The highest BCUT2D eigenvalue weighted by Gasteiger charge is 2.21. The lowest BCUT2D eigenvalue weighted by Crippen LogP contribution is -2.25. The van der Waals surface area contributed by atoms with Crippen LogP contribution in [0.15, 0.2) is 18.2 Å². The van der Waals surface area contributed by atoms with E-state index in [0.29, 0.717) is 12.5 Å². The van der Waals surface area contributed by atoms with Gasteiger partial charge in [-0.1, -0.05) is 0 Å². The number of rotatable bonds is 8. The van der Waals surface area contributed by atoms with E-state index in [-0.39, 0.29) is 24.5 Å². The van der Waals surface area contributed by atoms with Crippen molar-refractivity contribution >= 4 is 11.4 Å². The van der Waals surface area contributed by atoms with Crippen molar-refractivity contribution in [3.8, 4) is 0 Å². The molecule has 0 spiro atoms. The van der Waals surface area contributed by atoms with Gasteiger partial charge in [-0.25, -0.2) is 4.39 Å². The van der Waals surface area contributed by atoms with Crippen molar-refractivity contribution in [2.45, 2.75) is 18.9 Å². The Bertz CT molecular complexity index is 479. The molecule has 1 saturated carbocycles. The lowest BCUT2D eigenvalue weighted by Gasteiger charge is -2.13. The summed E-state index contributed by atoms with van der Waals surface area (Å²) in [6, 6.07) is 3.34. The minimum Gasteiger partial charge on any atom is -0.389 e. The predicted molar refractivity (Wildman–Crippen MR) is 71.1 cm³/mol. The van der Waals surface area contributed by atoms with Gasteiger partial charge < -0.3 is 15.2 Å². The maximum atomic E-state index is 13.5. The minimum atomic E-state index is -0.747. The van der Waals surface area contributed by atoms with Gasteiger partial charge in [0, 0.05) is 19.2 Å². The molecule has 20 heavy (non-hydrogen) atoms. The number of anilines is 1. The van der Waals surface area contributed by atoms with Crippen LogP contribution in [0.2, 0.25) is 0 Å². The molecule has 7 heteroatoms. The van der Waals surface area contributed by atoms with Crippen molar-refractivity contribution in [2.24, 2.45) is 5.92 Å². The van der Waals surface area contributed by atoms with Crippen LogP contribution in [0.3, 0.4) is 0 Å².